The first-order chi connectivity index (χ1) is 21.1. The summed E-state index contributed by atoms with van der Waals surface area (Å²) >= 11 is 1.88. The first-order valence-electron chi connectivity index (χ1n) is 15.4. The number of nitrogens with zero attached hydrogens (tertiary/aromatic N) is 3. The molecule has 3 heterocycles. The molecule has 0 spiro atoms. The molecule has 44 heavy (non-hydrogen) atoms. The van der Waals surface area contributed by atoms with Gasteiger partial charge in [-0.2, -0.15) is 4.57 Å². The normalized spacial score (nSPS) is 15.9. The van der Waals surface area contributed by atoms with E-state index in [0.29, 0.717) is 0 Å². The van der Waals surface area contributed by atoms with E-state index in [9.17, 15) is 0 Å². The van der Waals surface area contributed by atoms with E-state index in [2.05, 4.69) is 160 Å². The van der Waals surface area contributed by atoms with Gasteiger partial charge in [0.05, 0.1) is 5.56 Å². The van der Waals surface area contributed by atoms with E-state index in [0.717, 1.165) is 11.3 Å². The number of hydrogen-bond donors (Lipinski definition) is 0. The van der Waals surface area contributed by atoms with Crippen LogP contribution in [0.4, 0.5) is 0 Å². The summed E-state index contributed by atoms with van der Waals surface area (Å²) in [6.07, 6.45) is 4.01. The monoisotopic (exact) mass is 594 g/mol. The summed E-state index contributed by atoms with van der Waals surface area (Å²) in [7, 11) is 4.26. The minimum Gasteiger partial charge on any atom is -0.302 e. The van der Waals surface area contributed by atoms with Gasteiger partial charge in [-0.25, -0.2) is 4.57 Å². The molecule has 0 saturated heterocycles. The third-order valence-corrected chi connectivity index (χ3v) is 10.6. The summed E-state index contributed by atoms with van der Waals surface area (Å²) < 4.78 is 7.66. The van der Waals surface area contributed by atoms with Crippen molar-refractivity contribution in [2.45, 2.75) is 38.3 Å². The van der Waals surface area contributed by atoms with E-state index >= 15 is 0 Å². The van der Waals surface area contributed by atoms with Crippen LogP contribution in [0.1, 0.15) is 37.9 Å². The molecular weight excluding hydrogens is 555 g/mol. The lowest BCUT2D eigenvalue weighted by Gasteiger charge is -2.34. The molecular formula is C40H40N3S+. The average Bonchev–Trinajstić information content (AvgIpc) is 3.65. The van der Waals surface area contributed by atoms with Gasteiger partial charge in [0.1, 0.15) is 11.7 Å². The molecule has 6 aromatic rings. The number of fused-ring (bicyclic) bond motifs is 8. The van der Waals surface area contributed by atoms with Crippen molar-refractivity contribution in [2.24, 2.45) is 5.92 Å². The van der Waals surface area contributed by atoms with Gasteiger partial charge in [0.15, 0.2) is 11.0 Å². The Morgan fingerprint density at radius 3 is 2.30 bits per heavy atom. The second-order valence-corrected chi connectivity index (χ2v) is 14.4. The molecule has 0 aliphatic carbocycles. The third kappa shape index (κ3) is 4.23. The van der Waals surface area contributed by atoms with Crippen molar-refractivity contribution in [3.8, 4) is 17.1 Å². The zero-order valence-electron chi connectivity index (χ0n) is 26.3. The van der Waals surface area contributed by atoms with Crippen LogP contribution in [-0.2, 0) is 5.41 Å². The molecule has 1 aliphatic heterocycles. The van der Waals surface area contributed by atoms with Crippen molar-refractivity contribution in [2.75, 3.05) is 14.1 Å². The summed E-state index contributed by atoms with van der Waals surface area (Å²) in [6, 6.07) is 31.7. The second kappa shape index (κ2) is 10.4. The summed E-state index contributed by atoms with van der Waals surface area (Å²) in [4.78, 5) is 2.26. The summed E-state index contributed by atoms with van der Waals surface area (Å²) in [5.74, 6) is 1.23. The zero-order chi connectivity index (χ0) is 30.9. The standard InChI is InChI=1S/C40H40N3S/c1-9-25(3)37(32(10-2)41(7)8)38-30-23-29-28-15-11-14-18-35(28)44-36(29)24-31(30)39-42(33-16-12-13-17-34(33)43(38)39)27-21-19-26(20-22-27)40(4,5)6/h9-24,32,37-38H,1-3H2,4-8H3/q+1. The molecule has 0 bridgehead atoms. The van der Waals surface area contributed by atoms with E-state index in [1.807, 2.05) is 17.4 Å². The highest BCUT2D eigenvalue weighted by atomic mass is 32.1. The number of imidazole rings is 1. The smallest absolute Gasteiger partial charge is 0.296 e. The molecule has 220 valence electrons. The number of para-hydroxylation sites is 2. The van der Waals surface area contributed by atoms with Crippen LogP contribution >= 0.6 is 11.3 Å². The number of hydrogen-bond acceptors (Lipinski definition) is 2. The largest absolute Gasteiger partial charge is 0.302 e. The highest BCUT2D eigenvalue weighted by molar-refractivity contribution is 7.25. The van der Waals surface area contributed by atoms with Crippen molar-refractivity contribution >= 4 is 42.5 Å². The zero-order valence-corrected chi connectivity index (χ0v) is 27.2. The van der Waals surface area contributed by atoms with Gasteiger partial charge in [0, 0.05) is 37.7 Å². The van der Waals surface area contributed by atoms with Crippen LogP contribution in [0.5, 0.6) is 0 Å². The third-order valence-electron chi connectivity index (χ3n) is 9.44. The maximum atomic E-state index is 4.58. The van der Waals surface area contributed by atoms with Crippen molar-refractivity contribution < 1.29 is 4.57 Å². The minimum atomic E-state index is -0.000962. The lowest BCUT2D eigenvalue weighted by Crippen LogP contribution is -2.48. The maximum Gasteiger partial charge on any atom is 0.296 e. The second-order valence-electron chi connectivity index (χ2n) is 13.3. The number of likely N-dealkylation sites (N-methyl/N-ethyl adjacent to an activating group) is 1. The lowest BCUT2D eigenvalue weighted by atomic mass is 9.80. The minimum absolute atomic E-state index is 0.000962. The fourth-order valence-electron chi connectivity index (χ4n) is 7.24. The summed E-state index contributed by atoms with van der Waals surface area (Å²) in [5, 5.41) is 2.63. The van der Waals surface area contributed by atoms with Gasteiger partial charge < -0.3 is 4.90 Å². The number of allylic oxidation sites excluding steroid dienone is 1. The first kappa shape index (κ1) is 28.5. The van der Waals surface area contributed by atoms with Crippen LogP contribution in [0.2, 0.25) is 0 Å². The van der Waals surface area contributed by atoms with Crippen LogP contribution in [0.3, 0.4) is 0 Å². The van der Waals surface area contributed by atoms with Gasteiger partial charge in [0.25, 0.3) is 5.82 Å². The van der Waals surface area contributed by atoms with Crippen molar-refractivity contribution in [1.82, 2.24) is 9.47 Å². The average molecular weight is 595 g/mol. The predicted molar refractivity (Wildman–Crippen MR) is 189 cm³/mol. The molecule has 0 saturated carbocycles. The Balaban J connectivity index is 1.60. The number of thiophene rings is 1. The molecule has 2 aromatic heterocycles. The van der Waals surface area contributed by atoms with Crippen molar-refractivity contribution in [1.29, 1.82) is 0 Å². The molecule has 3 atom stereocenters. The van der Waals surface area contributed by atoms with Crippen LogP contribution in [0, 0.1) is 5.92 Å². The quantitative estimate of drug-likeness (QED) is 0.102. The lowest BCUT2D eigenvalue weighted by molar-refractivity contribution is -0.679. The van der Waals surface area contributed by atoms with Gasteiger partial charge in [-0.3, -0.25) is 0 Å². The highest BCUT2D eigenvalue weighted by Crippen LogP contribution is 2.48. The molecule has 0 radical (unpaired) electrons. The fraction of sp³-hybridized carbons (Fsp3) is 0.225. The van der Waals surface area contributed by atoms with Gasteiger partial charge in [-0.1, -0.05) is 88.5 Å². The van der Waals surface area contributed by atoms with E-state index in [4.69, 9.17) is 0 Å². The summed E-state index contributed by atoms with van der Waals surface area (Å²) in [6.45, 7) is 19.9. The van der Waals surface area contributed by atoms with Gasteiger partial charge >= 0.3 is 0 Å². The molecule has 4 aromatic carbocycles. The first-order valence-corrected chi connectivity index (χ1v) is 16.2. The van der Waals surface area contributed by atoms with E-state index in [-0.39, 0.29) is 23.4 Å². The van der Waals surface area contributed by atoms with E-state index in [1.165, 1.54) is 53.7 Å². The van der Waals surface area contributed by atoms with Crippen molar-refractivity contribution in [3.05, 3.63) is 134 Å². The Kier molecular flexibility index (Phi) is 6.76. The Morgan fingerprint density at radius 2 is 1.61 bits per heavy atom. The Labute approximate surface area is 264 Å². The molecule has 4 heteroatoms. The topological polar surface area (TPSA) is 12.1 Å². The molecule has 3 nitrogen and oxygen atoms in total. The maximum absolute atomic E-state index is 4.58. The number of benzene rings is 4. The van der Waals surface area contributed by atoms with Crippen LogP contribution < -0.4 is 4.57 Å². The van der Waals surface area contributed by atoms with Crippen LogP contribution in [-0.4, -0.2) is 29.6 Å². The van der Waals surface area contributed by atoms with Crippen molar-refractivity contribution in [3.63, 3.8) is 0 Å². The van der Waals surface area contributed by atoms with Crippen LogP contribution in [0.15, 0.2) is 122 Å². The predicted octanol–water partition coefficient (Wildman–Crippen LogP) is 9.63. The number of aromatic nitrogens is 2. The molecule has 0 N–H and O–H groups in total. The molecule has 1 aliphatic rings. The van der Waals surface area contributed by atoms with Gasteiger partial charge in [0.2, 0.25) is 0 Å². The molecule has 0 amide bonds. The SMILES string of the molecule is C=CC(=C)C(C(C=C)N(C)C)C1c2cc3c(cc2-c2n(-c4ccc(C(C)(C)C)cc4)c4ccccc4[n+]21)sc1ccccc13. The van der Waals surface area contributed by atoms with Gasteiger partial charge in [-0.05, 0) is 73.1 Å². The highest BCUT2D eigenvalue weighted by Gasteiger charge is 2.48. The van der Waals surface area contributed by atoms with Crippen LogP contribution in [0.25, 0.3) is 48.3 Å². The molecule has 3 unspecified atom stereocenters. The number of rotatable bonds is 7. The Morgan fingerprint density at radius 1 is 0.909 bits per heavy atom. The summed E-state index contributed by atoms with van der Waals surface area (Å²) in [5.41, 5.74) is 8.59. The molecule has 7 rings (SSSR count). The van der Waals surface area contributed by atoms with E-state index < -0.39 is 0 Å². The Bertz CT molecular complexity index is 2100. The van der Waals surface area contributed by atoms with E-state index in [1.54, 1.807) is 0 Å². The molecule has 0 fully saturated rings. The fourth-order valence-corrected chi connectivity index (χ4v) is 8.37. The Hall–Kier alpha value is -4.25. The van der Waals surface area contributed by atoms with Gasteiger partial charge in [-0.15, -0.1) is 17.9 Å².